The first-order chi connectivity index (χ1) is 8.79. The first-order valence-electron chi connectivity index (χ1n) is 5.86. The second-order valence-electron chi connectivity index (χ2n) is 3.82. The van der Waals surface area contributed by atoms with Crippen LogP contribution in [0.1, 0.15) is 12.5 Å². The Hall–Kier alpha value is -0.840. The van der Waals surface area contributed by atoms with Crippen molar-refractivity contribution in [2.75, 3.05) is 6.54 Å². The van der Waals surface area contributed by atoms with Gasteiger partial charge in [-0.05, 0) is 42.4 Å². The maximum Gasteiger partial charge on any atom is 0.0279 e. The SMILES string of the molecule is CCNCc1cc(Br)ccc1Sc1ccncc1. The normalized spacial score (nSPS) is 10.6. The van der Waals surface area contributed by atoms with Gasteiger partial charge in [0, 0.05) is 33.2 Å². The van der Waals surface area contributed by atoms with Crippen molar-refractivity contribution < 1.29 is 0 Å². The lowest BCUT2D eigenvalue weighted by Gasteiger charge is -2.10. The van der Waals surface area contributed by atoms with E-state index in [9.17, 15) is 0 Å². The first kappa shape index (κ1) is 13.6. The van der Waals surface area contributed by atoms with E-state index >= 15 is 0 Å². The number of hydrogen-bond donors (Lipinski definition) is 1. The van der Waals surface area contributed by atoms with Crippen LogP contribution in [-0.4, -0.2) is 11.5 Å². The second kappa shape index (κ2) is 6.92. The van der Waals surface area contributed by atoms with Crippen molar-refractivity contribution >= 4 is 27.7 Å². The average Bonchev–Trinajstić information content (AvgIpc) is 2.40. The van der Waals surface area contributed by atoms with E-state index in [1.807, 2.05) is 24.5 Å². The zero-order chi connectivity index (χ0) is 12.8. The Kier molecular flexibility index (Phi) is 5.23. The van der Waals surface area contributed by atoms with E-state index in [0.717, 1.165) is 17.6 Å². The average molecular weight is 323 g/mol. The zero-order valence-corrected chi connectivity index (χ0v) is 12.6. The van der Waals surface area contributed by atoms with Crippen LogP contribution in [-0.2, 0) is 6.54 Å². The zero-order valence-electron chi connectivity index (χ0n) is 10.2. The molecule has 94 valence electrons. The van der Waals surface area contributed by atoms with E-state index in [1.165, 1.54) is 15.4 Å². The van der Waals surface area contributed by atoms with Gasteiger partial charge in [0.05, 0.1) is 0 Å². The Morgan fingerprint density at radius 2 is 2.00 bits per heavy atom. The van der Waals surface area contributed by atoms with Crippen LogP contribution in [0.3, 0.4) is 0 Å². The van der Waals surface area contributed by atoms with Crippen LogP contribution in [0, 0.1) is 0 Å². The molecule has 0 amide bonds. The summed E-state index contributed by atoms with van der Waals surface area (Å²) in [6.45, 7) is 3.99. The lowest BCUT2D eigenvalue weighted by atomic mass is 10.2. The summed E-state index contributed by atoms with van der Waals surface area (Å²) >= 11 is 5.30. The number of aromatic nitrogens is 1. The minimum absolute atomic E-state index is 0.892. The van der Waals surface area contributed by atoms with E-state index in [4.69, 9.17) is 0 Å². The molecule has 4 heteroatoms. The van der Waals surface area contributed by atoms with Crippen LogP contribution in [0.25, 0.3) is 0 Å². The van der Waals surface area contributed by atoms with Crippen LogP contribution >= 0.6 is 27.7 Å². The Labute approximate surface area is 120 Å². The molecule has 1 aromatic carbocycles. The van der Waals surface area contributed by atoms with Gasteiger partial charge < -0.3 is 5.32 Å². The molecule has 0 radical (unpaired) electrons. The summed E-state index contributed by atoms with van der Waals surface area (Å²) in [6.07, 6.45) is 3.65. The summed E-state index contributed by atoms with van der Waals surface area (Å²) in [5.41, 5.74) is 1.31. The quantitative estimate of drug-likeness (QED) is 0.896. The molecular formula is C14H15BrN2S. The van der Waals surface area contributed by atoms with Crippen LogP contribution in [0.5, 0.6) is 0 Å². The second-order valence-corrected chi connectivity index (χ2v) is 5.85. The number of benzene rings is 1. The molecule has 0 aliphatic rings. The summed E-state index contributed by atoms with van der Waals surface area (Å²) in [7, 11) is 0. The van der Waals surface area contributed by atoms with Gasteiger partial charge in [-0.25, -0.2) is 0 Å². The topological polar surface area (TPSA) is 24.9 Å². The monoisotopic (exact) mass is 322 g/mol. The minimum Gasteiger partial charge on any atom is -0.313 e. The number of halogens is 1. The molecule has 0 bridgehead atoms. The van der Waals surface area contributed by atoms with Crippen LogP contribution in [0.4, 0.5) is 0 Å². The summed E-state index contributed by atoms with van der Waals surface area (Å²) in [5, 5.41) is 3.37. The summed E-state index contributed by atoms with van der Waals surface area (Å²) in [6, 6.07) is 10.5. The molecule has 0 unspecified atom stereocenters. The smallest absolute Gasteiger partial charge is 0.0279 e. The van der Waals surface area contributed by atoms with Crippen molar-refractivity contribution in [1.29, 1.82) is 0 Å². The molecule has 1 heterocycles. The van der Waals surface area contributed by atoms with Gasteiger partial charge in [0.15, 0.2) is 0 Å². The largest absolute Gasteiger partial charge is 0.313 e. The van der Waals surface area contributed by atoms with Crippen LogP contribution in [0.2, 0.25) is 0 Å². The molecule has 2 rings (SSSR count). The van der Waals surface area contributed by atoms with Gasteiger partial charge in [0.1, 0.15) is 0 Å². The number of hydrogen-bond acceptors (Lipinski definition) is 3. The summed E-state index contributed by atoms with van der Waals surface area (Å²) in [5.74, 6) is 0. The van der Waals surface area contributed by atoms with Crippen LogP contribution < -0.4 is 5.32 Å². The molecule has 0 saturated carbocycles. The maximum atomic E-state index is 4.04. The van der Waals surface area contributed by atoms with Crippen molar-refractivity contribution in [3.8, 4) is 0 Å². The molecular weight excluding hydrogens is 308 g/mol. The third-order valence-corrected chi connectivity index (χ3v) is 4.08. The highest BCUT2D eigenvalue weighted by atomic mass is 79.9. The van der Waals surface area contributed by atoms with E-state index in [-0.39, 0.29) is 0 Å². The maximum absolute atomic E-state index is 4.04. The number of nitrogens with one attached hydrogen (secondary N) is 1. The van der Waals surface area contributed by atoms with Gasteiger partial charge in [-0.2, -0.15) is 0 Å². The molecule has 0 aliphatic heterocycles. The first-order valence-corrected chi connectivity index (χ1v) is 7.47. The van der Waals surface area contributed by atoms with Crippen molar-refractivity contribution in [2.24, 2.45) is 0 Å². The summed E-state index contributed by atoms with van der Waals surface area (Å²) < 4.78 is 1.12. The van der Waals surface area contributed by atoms with Crippen molar-refractivity contribution in [3.63, 3.8) is 0 Å². The molecule has 0 atom stereocenters. The Morgan fingerprint density at radius 1 is 1.22 bits per heavy atom. The highest BCUT2D eigenvalue weighted by Crippen LogP contribution is 2.31. The summed E-state index contributed by atoms with van der Waals surface area (Å²) in [4.78, 5) is 6.54. The van der Waals surface area contributed by atoms with E-state index in [1.54, 1.807) is 11.8 Å². The molecule has 0 fully saturated rings. The third-order valence-electron chi connectivity index (χ3n) is 2.47. The van der Waals surface area contributed by atoms with Gasteiger partial charge in [0.25, 0.3) is 0 Å². The van der Waals surface area contributed by atoms with Crippen LogP contribution in [0.15, 0.2) is 57.0 Å². The molecule has 2 nitrogen and oxygen atoms in total. The Bertz CT molecular complexity index is 502. The lowest BCUT2D eigenvalue weighted by Crippen LogP contribution is -2.12. The fraction of sp³-hybridized carbons (Fsp3) is 0.214. The Balaban J connectivity index is 2.21. The van der Waals surface area contributed by atoms with E-state index < -0.39 is 0 Å². The highest BCUT2D eigenvalue weighted by Gasteiger charge is 2.05. The lowest BCUT2D eigenvalue weighted by molar-refractivity contribution is 0.717. The van der Waals surface area contributed by atoms with E-state index in [2.05, 4.69) is 51.4 Å². The van der Waals surface area contributed by atoms with Gasteiger partial charge in [0.2, 0.25) is 0 Å². The van der Waals surface area contributed by atoms with Crippen molar-refractivity contribution in [1.82, 2.24) is 10.3 Å². The Morgan fingerprint density at radius 3 is 2.72 bits per heavy atom. The van der Waals surface area contributed by atoms with Gasteiger partial charge in [-0.15, -0.1) is 0 Å². The molecule has 2 aromatic rings. The molecule has 0 aliphatic carbocycles. The molecule has 1 aromatic heterocycles. The third kappa shape index (κ3) is 3.83. The fourth-order valence-electron chi connectivity index (χ4n) is 1.58. The predicted octanol–water partition coefficient (Wildman–Crippen LogP) is 4.10. The highest BCUT2D eigenvalue weighted by molar-refractivity contribution is 9.10. The van der Waals surface area contributed by atoms with Gasteiger partial charge in [-0.3, -0.25) is 4.98 Å². The number of rotatable bonds is 5. The molecule has 0 spiro atoms. The standard InChI is InChI=1S/C14H15BrN2S/c1-2-16-10-11-9-12(15)3-4-14(11)18-13-5-7-17-8-6-13/h3-9,16H,2,10H2,1H3. The van der Waals surface area contributed by atoms with Crippen molar-refractivity contribution in [3.05, 3.63) is 52.8 Å². The van der Waals surface area contributed by atoms with Gasteiger partial charge >= 0.3 is 0 Å². The molecule has 1 N–H and O–H groups in total. The number of nitrogens with zero attached hydrogens (tertiary/aromatic N) is 1. The van der Waals surface area contributed by atoms with Gasteiger partial charge in [-0.1, -0.05) is 34.6 Å². The number of pyridine rings is 1. The fourth-order valence-corrected chi connectivity index (χ4v) is 2.90. The molecule has 0 saturated heterocycles. The van der Waals surface area contributed by atoms with E-state index in [0.29, 0.717) is 0 Å². The predicted molar refractivity (Wildman–Crippen MR) is 79.9 cm³/mol. The van der Waals surface area contributed by atoms with Crippen molar-refractivity contribution in [2.45, 2.75) is 23.3 Å². The molecule has 18 heavy (non-hydrogen) atoms. The minimum atomic E-state index is 0.892.